The SMILES string of the molecule is CN=C(NCCOC)NCCS(=O)Cc1ccccc1. The third-order valence-electron chi connectivity index (χ3n) is 2.61. The van der Waals surface area contributed by atoms with Crippen LogP contribution in [0.15, 0.2) is 35.3 Å². The fourth-order valence-corrected chi connectivity index (χ4v) is 2.65. The van der Waals surface area contributed by atoms with Crippen LogP contribution in [0.1, 0.15) is 5.56 Å². The van der Waals surface area contributed by atoms with Gasteiger partial charge < -0.3 is 15.4 Å². The Bertz CT molecular complexity index is 424. The Morgan fingerprint density at radius 1 is 1.25 bits per heavy atom. The van der Waals surface area contributed by atoms with Crippen molar-refractivity contribution in [3.63, 3.8) is 0 Å². The maximum Gasteiger partial charge on any atom is 0.191 e. The summed E-state index contributed by atoms with van der Waals surface area (Å²) >= 11 is 0. The van der Waals surface area contributed by atoms with Gasteiger partial charge in [-0.1, -0.05) is 30.3 Å². The van der Waals surface area contributed by atoms with Crippen molar-refractivity contribution in [2.45, 2.75) is 5.75 Å². The van der Waals surface area contributed by atoms with Gasteiger partial charge in [-0.2, -0.15) is 0 Å². The van der Waals surface area contributed by atoms with Gasteiger partial charge in [-0.05, 0) is 5.56 Å². The fourth-order valence-electron chi connectivity index (χ4n) is 1.61. The monoisotopic (exact) mass is 297 g/mol. The number of methoxy groups -OCH3 is 1. The molecule has 0 aliphatic heterocycles. The summed E-state index contributed by atoms with van der Waals surface area (Å²) in [6, 6.07) is 9.88. The average Bonchev–Trinajstić information content (AvgIpc) is 2.47. The van der Waals surface area contributed by atoms with Gasteiger partial charge in [-0.3, -0.25) is 9.20 Å². The molecule has 0 aliphatic carbocycles. The molecule has 112 valence electrons. The molecule has 1 atom stereocenters. The van der Waals surface area contributed by atoms with E-state index in [1.807, 2.05) is 30.3 Å². The van der Waals surface area contributed by atoms with E-state index in [0.29, 0.717) is 37.2 Å². The van der Waals surface area contributed by atoms with Crippen LogP contribution in [0.5, 0.6) is 0 Å². The van der Waals surface area contributed by atoms with Gasteiger partial charge in [0.15, 0.2) is 5.96 Å². The van der Waals surface area contributed by atoms with Gasteiger partial charge >= 0.3 is 0 Å². The second-order valence-electron chi connectivity index (χ2n) is 4.19. The Morgan fingerprint density at radius 2 is 1.95 bits per heavy atom. The first-order valence-electron chi connectivity index (χ1n) is 6.58. The molecule has 5 nitrogen and oxygen atoms in total. The molecular weight excluding hydrogens is 274 g/mol. The van der Waals surface area contributed by atoms with Crippen molar-refractivity contribution in [1.82, 2.24) is 10.6 Å². The molecule has 0 saturated carbocycles. The van der Waals surface area contributed by atoms with Crippen LogP contribution in [0, 0.1) is 0 Å². The molecule has 1 aromatic carbocycles. The Hall–Kier alpha value is -1.40. The van der Waals surface area contributed by atoms with E-state index in [2.05, 4.69) is 15.6 Å². The van der Waals surface area contributed by atoms with Gasteiger partial charge in [-0.25, -0.2) is 0 Å². The number of rotatable bonds is 8. The molecule has 6 heteroatoms. The minimum Gasteiger partial charge on any atom is -0.383 e. The van der Waals surface area contributed by atoms with E-state index in [4.69, 9.17) is 4.74 Å². The van der Waals surface area contributed by atoms with E-state index in [9.17, 15) is 4.21 Å². The van der Waals surface area contributed by atoms with E-state index in [0.717, 1.165) is 5.56 Å². The Morgan fingerprint density at radius 3 is 2.60 bits per heavy atom. The third kappa shape index (κ3) is 7.25. The van der Waals surface area contributed by atoms with Gasteiger partial charge in [-0.15, -0.1) is 0 Å². The van der Waals surface area contributed by atoms with E-state index in [1.165, 1.54) is 0 Å². The van der Waals surface area contributed by atoms with Gasteiger partial charge in [0.05, 0.1) is 6.61 Å². The molecule has 0 heterocycles. The molecule has 0 aromatic heterocycles. The quantitative estimate of drug-likeness (QED) is 0.422. The zero-order valence-electron chi connectivity index (χ0n) is 12.1. The zero-order valence-corrected chi connectivity index (χ0v) is 12.9. The van der Waals surface area contributed by atoms with Crippen molar-refractivity contribution in [1.29, 1.82) is 0 Å². The van der Waals surface area contributed by atoms with Crippen molar-refractivity contribution in [2.24, 2.45) is 4.99 Å². The van der Waals surface area contributed by atoms with Crippen LogP contribution in [0.4, 0.5) is 0 Å². The summed E-state index contributed by atoms with van der Waals surface area (Å²) in [5.41, 5.74) is 1.11. The summed E-state index contributed by atoms with van der Waals surface area (Å²) in [5.74, 6) is 1.90. The van der Waals surface area contributed by atoms with E-state index in [-0.39, 0.29) is 0 Å². The minimum atomic E-state index is -0.867. The lowest BCUT2D eigenvalue weighted by Gasteiger charge is -2.11. The highest BCUT2D eigenvalue weighted by Gasteiger charge is 2.02. The van der Waals surface area contributed by atoms with E-state index >= 15 is 0 Å². The fraction of sp³-hybridized carbons (Fsp3) is 0.500. The highest BCUT2D eigenvalue weighted by atomic mass is 32.2. The molecule has 0 spiro atoms. The summed E-state index contributed by atoms with van der Waals surface area (Å²) in [7, 11) is 2.50. The average molecular weight is 297 g/mol. The lowest BCUT2D eigenvalue weighted by molar-refractivity contribution is 0.203. The Kier molecular flexibility index (Phi) is 8.66. The molecule has 0 radical (unpaired) electrons. The summed E-state index contributed by atoms with van der Waals surface area (Å²) in [6.07, 6.45) is 0. The first kappa shape index (κ1) is 16.7. The predicted molar refractivity (Wildman–Crippen MR) is 84.4 cm³/mol. The third-order valence-corrected chi connectivity index (χ3v) is 3.93. The second kappa shape index (κ2) is 10.4. The largest absolute Gasteiger partial charge is 0.383 e. The minimum absolute atomic E-state index is 0.595. The first-order chi connectivity index (χ1) is 9.76. The van der Waals surface area contributed by atoms with Gasteiger partial charge in [0.25, 0.3) is 0 Å². The van der Waals surface area contributed by atoms with Crippen LogP contribution in [-0.2, 0) is 21.3 Å². The molecule has 0 fully saturated rings. The lowest BCUT2D eigenvalue weighted by Crippen LogP contribution is -2.40. The number of hydrogen-bond donors (Lipinski definition) is 2. The molecule has 0 aliphatic rings. The normalized spacial score (nSPS) is 13.0. The van der Waals surface area contributed by atoms with Crippen LogP contribution < -0.4 is 10.6 Å². The summed E-state index contributed by atoms with van der Waals surface area (Å²) in [5, 5.41) is 6.24. The number of hydrogen-bond acceptors (Lipinski definition) is 3. The summed E-state index contributed by atoms with van der Waals surface area (Å²) in [6.45, 7) is 1.95. The topological polar surface area (TPSA) is 62.7 Å². The van der Waals surface area contributed by atoms with Crippen molar-refractivity contribution in [2.75, 3.05) is 39.6 Å². The van der Waals surface area contributed by atoms with E-state index in [1.54, 1.807) is 14.2 Å². The van der Waals surface area contributed by atoms with Crippen LogP contribution in [0.2, 0.25) is 0 Å². The highest BCUT2D eigenvalue weighted by molar-refractivity contribution is 7.84. The molecule has 20 heavy (non-hydrogen) atoms. The zero-order chi connectivity index (χ0) is 14.6. The molecule has 1 aromatic rings. The molecule has 1 unspecified atom stereocenters. The van der Waals surface area contributed by atoms with Gasteiger partial charge in [0.1, 0.15) is 0 Å². The van der Waals surface area contributed by atoms with Gasteiger partial charge in [0, 0.05) is 49.6 Å². The molecule has 0 amide bonds. The standard InChI is InChI=1S/C14H23N3O2S/c1-15-14(16-8-10-19-2)17-9-11-20(18)12-13-6-4-3-5-7-13/h3-7H,8-12H2,1-2H3,(H2,15,16,17). The predicted octanol–water partition coefficient (Wildman–Crippen LogP) is 0.747. The number of benzene rings is 1. The molecule has 1 rings (SSSR count). The second-order valence-corrected chi connectivity index (χ2v) is 5.77. The Balaban J connectivity index is 2.20. The summed E-state index contributed by atoms with van der Waals surface area (Å²) < 4.78 is 16.9. The maximum absolute atomic E-state index is 11.9. The van der Waals surface area contributed by atoms with Crippen molar-refractivity contribution >= 4 is 16.8 Å². The molecule has 0 bridgehead atoms. The van der Waals surface area contributed by atoms with Crippen molar-refractivity contribution in [3.8, 4) is 0 Å². The number of nitrogens with zero attached hydrogens (tertiary/aromatic N) is 1. The number of ether oxygens (including phenoxy) is 1. The van der Waals surface area contributed by atoms with Crippen LogP contribution >= 0.6 is 0 Å². The lowest BCUT2D eigenvalue weighted by atomic mass is 10.2. The van der Waals surface area contributed by atoms with E-state index < -0.39 is 10.8 Å². The van der Waals surface area contributed by atoms with Gasteiger partial charge in [0.2, 0.25) is 0 Å². The van der Waals surface area contributed by atoms with Crippen LogP contribution in [0.25, 0.3) is 0 Å². The number of nitrogens with one attached hydrogen (secondary N) is 2. The first-order valence-corrected chi connectivity index (χ1v) is 8.07. The molecule has 2 N–H and O–H groups in total. The smallest absolute Gasteiger partial charge is 0.191 e. The van der Waals surface area contributed by atoms with Crippen LogP contribution in [-0.4, -0.2) is 49.8 Å². The highest BCUT2D eigenvalue weighted by Crippen LogP contribution is 2.02. The Labute approximate surface area is 123 Å². The van der Waals surface area contributed by atoms with Crippen LogP contribution in [0.3, 0.4) is 0 Å². The maximum atomic E-state index is 11.9. The van der Waals surface area contributed by atoms with Crippen molar-refractivity contribution in [3.05, 3.63) is 35.9 Å². The summed E-state index contributed by atoms with van der Waals surface area (Å²) in [4.78, 5) is 4.08. The number of guanidine groups is 1. The molecule has 0 saturated heterocycles. The number of aliphatic imine (C=N–C) groups is 1. The van der Waals surface area contributed by atoms with Crippen molar-refractivity contribution < 1.29 is 8.95 Å². The molecular formula is C14H23N3O2S.